The van der Waals surface area contributed by atoms with Crippen LogP contribution < -0.4 is 10.1 Å². The zero-order valence-corrected chi connectivity index (χ0v) is 11.7. The fraction of sp³-hybridized carbons (Fsp3) is 0.600. The van der Waals surface area contributed by atoms with E-state index in [-0.39, 0.29) is 5.75 Å². The van der Waals surface area contributed by atoms with Crippen LogP contribution in [0.4, 0.5) is 13.2 Å². The molecule has 1 aromatic carbocycles. The summed E-state index contributed by atoms with van der Waals surface area (Å²) in [4.78, 5) is 2.23. The van der Waals surface area contributed by atoms with E-state index in [9.17, 15) is 13.2 Å². The molecule has 2 heterocycles. The van der Waals surface area contributed by atoms with E-state index in [1.54, 1.807) is 18.2 Å². The lowest BCUT2D eigenvalue weighted by Crippen LogP contribution is -2.39. The van der Waals surface area contributed by atoms with Crippen LogP contribution in [-0.4, -0.2) is 37.4 Å². The minimum Gasteiger partial charge on any atom is -0.405 e. The zero-order chi connectivity index (χ0) is 14.9. The first-order valence-electron chi connectivity index (χ1n) is 7.28. The van der Waals surface area contributed by atoms with E-state index >= 15 is 0 Å². The van der Waals surface area contributed by atoms with Gasteiger partial charge in [-0.25, -0.2) is 0 Å². The van der Waals surface area contributed by atoms with E-state index in [1.165, 1.54) is 6.07 Å². The van der Waals surface area contributed by atoms with Gasteiger partial charge >= 0.3 is 6.36 Å². The summed E-state index contributed by atoms with van der Waals surface area (Å²) in [5, 5.41) is 3.39. The third-order valence-corrected chi connectivity index (χ3v) is 4.38. The summed E-state index contributed by atoms with van der Waals surface area (Å²) in [6, 6.07) is 6.41. The van der Waals surface area contributed by atoms with Crippen LogP contribution >= 0.6 is 0 Å². The van der Waals surface area contributed by atoms with E-state index in [1.807, 2.05) is 0 Å². The summed E-state index contributed by atoms with van der Waals surface area (Å²) in [6.45, 7) is 4.48. The van der Waals surface area contributed by atoms with Crippen LogP contribution in [0.2, 0.25) is 0 Å². The second kappa shape index (κ2) is 5.85. The molecule has 2 unspecified atom stereocenters. The Morgan fingerprint density at radius 3 is 2.76 bits per heavy atom. The second-order valence-electron chi connectivity index (χ2n) is 5.86. The van der Waals surface area contributed by atoms with Gasteiger partial charge in [0.25, 0.3) is 0 Å². The third-order valence-electron chi connectivity index (χ3n) is 4.38. The molecule has 2 fully saturated rings. The van der Waals surface area contributed by atoms with Crippen molar-refractivity contribution in [3.8, 4) is 5.75 Å². The maximum Gasteiger partial charge on any atom is 0.573 e. The molecular formula is C15H19F3N2O. The van der Waals surface area contributed by atoms with Crippen LogP contribution in [0.1, 0.15) is 12.0 Å². The van der Waals surface area contributed by atoms with E-state index in [4.69, 9.17) is 0 Å². The molecule has 0 bridgehead atoms. The monoisotopic (exact) mass is 300 g/mol. The number of rotatable bonds is 3. The minimum atomic E-state index is -4.64. The Bertz CT molecular complexity index is 492. The highest BCUT2D eigenvalue weighted by Crippen LogP contribution is 2.30. The lowest BCUT2D eigenvalue weighted by molar-refractivity contribution is -0.275. The number of nitrogens with one attached hydrogen (secondary N) is 1. The highest BCUT2D eigenvalue weighted by molar-refractivity contribution is 5.33. The van der Waals surface area contributed by atoms with Gasteiger partial charge in [0.2, 0.25) is 0 Å². The van der Waals surface area contributed by atoms with Crippen molar-refractivity contribution in [2.75, 3.05) is 26.2 Å². The summed E-state index contributed by atoms with van der Waals surface area (Å²) in [5.41, 5.74) is 0.597. The molecule has 0 radical (unpaired) electrons. The van der Waals surface area contributed by atoms with Crippen molar-refractivity contribution in [1.29, 1.82) is 0 Å². The molecule has 1 N–H and O–H groups in total. The van der Waals surface area contributed by atoms with Crippen molar-refractivity contribution < 1.29 is 17.9 Å². The van der Waals surface area contributed by atoms with Crippen LogP contribution in [0.5, 0.6) is 5.75 Å². The minimum absolute atomic E-state index is 0.0864. The zero-order valence-electron chi connectivity index (χ0n) is 11.7. The standard InChI is InChI=1S/C15H19F3N2O/c16-15(17,18)21-14-4-2-1-3-12(14)9-20-6-5-11-7-19-8-13(11)10-20/h1-4,11,13,19H,5-10H2. The van der Waals surface area contributed by atoms with Crippen molar-refractivity contribution >= 4 is 0 Å². The third kappa shape index (κ3) is 3.68. The van der Waals surface area contributed by atoms with Gasteiger partial charge in [0.05, 0.1) is 0 Å². The molecular weight excluding hydrogens is 281 g/mol. The molecule has 2 saturated heterocycles. The Balaban J connectivity index is 1.67. The average Bonchev–Trinajstić information content (AvgIpc) is 2.87. The van der Waals surface area contributed by atoms with Gasteiger partial charge < -0.3 is 10.1 Å². The molecule has 0 spiro atoms. The van der Waals surface area contributed by atoms with Crippen LogP contribution in [0.25, 0.3) is 0 Å². The van der Waals surface area contributed by atoms with E-state index < -0.39 is 6.36 Å². The SMILES string of the molecule is FC(F)(F)Oc1ccccc1CN1CCC2CNCC2C1. The molecule has 2 aliphatic rings. The number of hydrogen-bond donors (Lipinski definition) is 1. The maximum absolute atomic E-state index is 12.4. The second-order valence-corrected chi connectivity index (χ2v) is 5.86. The van der Waals surface area contributed by atoms with E-state index in [0.29, 0.717) is 18.0 Å². The van der Waals surface area contributed by atoms with Crippen molar-refractivity contribution in [3.05, 3.63) is 29.8 Å². The first kappa shape index (κ1) is 14.7. The first-order chi connectivity index (χ1) is 10.0. The molecule has 3 rings (SSSR count). The quantitative estimate of drug-likeness (QED) is 0.929. The topological polar surface area (TPSA) is 24.5 Å². The van der Waals surface area contributed by atoms with Crippen LogP contribution in [-0.2, 0) is 6.54 Å². The lowest BCUT2D eigenvalue weighted by Gasteiger charge is -2.34. The van der Waals surface area contributed by atoms with Gasteiger partial charge in [-0.1, -0.05) is 18.2 Å². The molecule has 6 heteroatoms. The summed E-state index contributed by atoms with van der Waals surface area (Å²) in [7, 11) is 0. The Morgan fingerprint density at radius 2 is 1.95 bits per heavy atom. The van der Waals surface area contributed by atoms with Crippen LogP contribution in [0, 0.1) is 11.8 Å². The van der Waals surface area contributed by atoms with Crippen molar-refractivity contribution in [1.82, 2.24) is 10.2 Å². The molecule has 3 nitrogen and oxygen atoms in total. The number of fused-ring (bicyclic) bond motifs is 1. The van der Waals surface area contributed by atoms with Gasteiger partial charge in [-0.3, -0.25) is 4.90 Å². The fourth-order valence-electron chi connectivity index (χ4n) is 3.35. The van der Waals surface area contributed by atoms with Gasteiger partial charge in [-0.2, -0.15) is 0 Å². The molecule has 2 atom stereocenters. The van der Waals surface area contributed by atoms with Crippen molar-refractivity contribution in [2.24, 2.45) is 11.8 Å². The molecule has 0 amide bonds. The molecule has 0 aliphatic carbocycles. The Kier molecular flexibility index (Phi) is 4.08. The summed E-state index contributed by atoms with van der Waals surface area (Å²) < 4.78 is 41.4. The molecule has 0 saturated carbocycles. The van der Waals surface area contributed by atoms with Gasteiger partial charge in [0, 0.05) is 18.7 Å². The Morgan fingerprint density at radius 1 is 1.19 bits per heavy atom. The number of piperidine rings is 1. The van der Waals surface area contributed by atoms with Crippen LogP contribution in [0.3, 0.4) is 0 Å². The summed E-state index contributed by atoms with van der Waals surface area (Å²) in [5.74, 6) is 1.26. The maximum atomic E-state index is 12.4. The van der Waals surface area contributed by atoms with Crippen LogP contribution in [0.15, 0.2) is 24.3 Å². The van der Waals surface area contributed by atoms with Gasteiger partial charge in [-0.05, 0) is 44.0 Å². The fourth-order valence-corrected chi connectivity index (χ4v) is 3.35. The Labute approximate surface area is 122 Å². The highest BCUT2D eigenvalue weighted by atomic mass is 19.4. The number of likely N-dealkylation sites (tertiary alicyclic amines) is 1. The predicted octanol–water partition coefficient (Wildman–Crippen LogP) is 2.63. The highest BCUT2D eigenvalue weighted by Gasteiger charge is 2.34. The summed E-state index contributed by atoms with van der Waals surface area (Å²) in [6.07, 6.45) is -3.53. The van der Waals surface area contributed by atoms with Crippen molar-refractivity contribution in [2.45, 2.75) is 19.3 Å². The van der Waals surface area contributed by atoms with E-state index in [2.05, 4.69) is 15.0 Å². The smallest absolute Gasteiger partial charge is 0.405 e. The number of alkyl halides is 3. The normalized spacial score (nSPS) is 26.6. The van der Waals surface area contributed by atoms with Gasteiger partial charge in [-0.15, -0.1) is 13.2 Å². The average molecular weight is 300 g/mol. The lowest BCUT2D eigenvalue weighted by atomic mass is 9.88. The molecule has 0 aromatic heterocycles. The predicted molar refractivity (Wildman–Crippen MR) is 72.9 cm³/mol. The molecule has 2 aliphatic heterocycles. The van der Waals surface area contributed by atoms with Crippen molar-refractivity contribution in [3.63, 3.8) is 0 Å². The number of ether oxygens (including phenoxy) is 1. The van der Waals surface area contributed by atoms with E-state index in [0.717, 1.165) is 38.5 Å². The van der Waals surface area contributed by atoms with Gasteiger partial charge in [0.15, 0.2) is 0 Å². The summed E-state index contributed by atoms with van der Waals surface area (Å²) >= 11 is 0. The first-order valence-corrected chi connectivity index (χ1v) is 7.28. The number of nitrogens with zero attached hydrogens (tertiary/aromatic N) is 1. The number of benzene rings is 1. The number of para-hydroxylation sites is 1. The molecule has 21 heavy (non-hydrogen) atoms. The number of halogens is 3. The molecule has 116 valence electrons. The van der Waals surface area contributed by atoms with Gasteiger partial charge in [0.1, 0.15) is 5.75 Å². The molecule has 1 aromatic rings. The Hall–Kier alpha value is -1.27. The number of hydrogen-bond acceptors (Lipinski definition) is 3. The largest absolute Gasteiger partial charge is 0.573 e.